The van der Waals surface area contributed by atoms with E-state index in [9.17, 15) is 14.7 Å². The molecule has 2 aliphatic rings. The molecule has 24 heavy (non-hydrogen) atoms. The van der Waals surface area contributed by atoms with Crippen LogP contribution in [-0.2, 0) is 14.3 Å². The molecule has 0 aliphatic carbocycles. The lowest BCUT2D eigenvalue weighted by molar-refractivity contribution is -0.907. The molecule has 6 heteroatoms. The minimum Gasteiger partial charge on any atom is -0.503 e. The van der Waals surface area contributed by atoms with Crippen LogP contribution in [0.25, 0.3) is 0 Å². The fraction of sp³-hybridized carbons (Fsp3) is 0.444. The number of hydrogen-bond donors (Lipinski definition) is 2. The van der Waals surface area contributed by atoms with Gasteiger partial charge in [-0.2, -0.15) is 0 Å². The molecule has 0 bridgehead atoms. The third kappa shape index (κ3) is 3.20. The minimum absolute atomic E-state index is 0.197. The third-order valence-corrected chi connectivity index (χ3v) is 4.70. The summed E-state index contributed by atoms with van der Waals surface area (Å²) in [6.07, 6.45) is 0. The third-order valence-electron chi connectivity index (χ3n) is 4.70. The van der Waals surface area contributed by atoms with Gasteiger partial charge in [0.2, 0.25) is 0 Å². The summed E-state index contributed by atoms with van der Waals surface area (Å²) in [5, 5.41) is 10.2. The van der Waals surface area contributed by atoms with Crippen LogP contribution in [0.2, 0.25) is 0 Å². The molecule has 1 aromatic carbocycles. The zero-order chi connectivity index (χ0) is 17.1. The van der Waals surface area contributed by atoms with Crippen molar-refractivity contribution in [2.75, 3.05) is 39.4 Å². The van der Waals surface area contributed by atoms with E-state index in [1.165, 1.54) is 11.8 Å². The highest BCUT2D eigenvalue weighted by atomic mass is 16.5. The number of benzene rings is 1. The van der Waals surface area contributed by atoms with Gasteiger partial charge < -0.3 is 19.6 Å². The second-order valence-electron chi connectivity index (χ2n) is 6.24. The van der Waals surface area contributed by atoms with Gasteiger partial charge in [0.15, 0.2) is 11.5 Å². The predicted octanol–water partition coefficient (Wildman–Crippen LogP) is -0.114. The second-order valence-corrected chi connectivity index (χ2v) is 6.24. The van der Waals surface area contributed by atoms with Crippen LogP contribution >= 0.6 is 0 Å². The summed E-state index contributed by atoms with van der Waals surface area (Å²) in [6, 6.07) is 8.90. The molecule has 128 valence electrons. The number of Topliss-reactive ketones (excluding diaryl/α,β-unsaturated/α-hetero) is 1. The fourth-order valence-corrected chi connectivity index (χ4v) is 3.41. The molecule has 0 unspecified atom stereocenters. The Morgan fingerprint density at radius 3 is 2.58 bits per heavy atom. The predicted molar refractivity (Wildman–Crippen MR) is 87.6 cm³/mol. The van der Waals surface area contributed by atoms with E-state index in [-0.39, 0.29) is 11.4 Å². The van der Waals surface area contributed by atoms with Gasteiger partial charge >= 0.3 is 0 Å². The number of ether oxygens (including phenoxy) is 1. The fourth-order valence-electron chi connectivity index (χ4n) is 3.41. The molecule has 1 fully saturated rings. The van der Waals surface area contributed by atoms with E-state index in [4.69, 9.17) is 4.74 Å². The molecule has 3 rings (SSSR count). The van der Waals surface area contributed by atoms with Crippen molar-refractivity contribution in [3.05, 3.63) is 47.2 Å². The quantitative estimate of drug-likeness (QED) is 0.790. The molecule has 6 nitrogen and oxygen atoms in total. The summed E-state index contributed by atoms with van der Waals surface area (Å²) in [5.74, 6) is -1.13. The van der Waals surface area contributed by atoms with Crippen LogP contribution in [0.1, 0.15) is 18.5 Å². The Labute approximate surface area is 141 Å². The van der Waals surface area contributed by atoms with Crippen LogP contribution in [0.3, 0.4) is 0 Å². The first-order valence-corrected chi connectivity index (χ1v) is 8.31. The largest absolute Gasteiger partial charge is 0.503 e. The molecular weight excluding hydrogens is 308 g/mol. The number of rotatable bonds is 5. The summed E-state index contributed by atoms with van der Waals surface area (Å²) in [4.78, 5) is 27.5. The molecule has 2 aliphatic heterocycles. The van der Waals surface area contributed by atoms with E-state index in [0.717, 1.165) is 38.4 Å². The van der Waals surface area contributed by atoms with Crippen molar-refractivity contribution in [2.24, 2.45) is 0 Å². The lowest BCUT2D eigenvalue weighted by Gasteiger charge is -2.29. The van der Waals surface area contributed by atoms with Gasteiger partial charge in [-0.3, -0.25) is 9.59 Å². The number of aliphatic hydroxyl groups is 1. The van der Waals surface area contributed by atoms with Crippen LogP contribution in [0, 0.1) is 0 Å². The van der Waals surface area contributed by atoms with Gasteiger partial charge in [0.1, 0.15) is 13.1 Å². The van der Waals surface area contributed by atoms with E-state index in [0.29, 0.717) is 6.54 Å². The van der Waals surface area contributed by atoms with Gasteiger partial charge in [-0.25, -0.2) is 0 Å². The summed E-state index contributed by atoms with van der Waals surface area (Å²) in [6.45, 7) is 5.95. The molecule has 2 heterocycles. The van der Waals surface area contributed by atoms with E-state index >= 15 is 0 Å². The number of amides is 1. The monoisotopic (exact) mass is 331 g/mol. The SMILES string of the molecule is CC(=O)C1=C(O)C(=O)N(CC[NH+]2CCOCC2)[C@@H]1c1ccccc1. The zero-order valence-electron chi connectivity index (χ0n) is 13.8. The van der Waals surface area contributed by atoms with Gasteiger partial charge in [0, 0.05) is 0 Å². The van der Waals surface area contributed by atoms with Gasteiger partial charge in [-0.1, -0.05) is 30.3 Å². The normalized spacial score (nSPS) is 22.3. The Kier molecular flexibility index (Phi) is 4.97. The Morgan fingerprint density at radius 2 is 1.96 bits per heavy atom. The van der Waals surface area contributed by atoms with Crippen molar-refractivity contribution in [3.8, 4) is 0 Å². The smallest absolute Gasteiger partial charge is 0.290 e. The van der Waals surface area contributed by atoms with Crippen molar-refractivity contribution in [1.82, 2.24) is 4.90 Å². The number of quaternary nitrogens is 1. The molecule has 0 aromatic heterocycles. The highest BCUT2D eigenvalue weighted by molar-refractivity contribution is 6.08. The highest BCUT2D eigenvalue weighted by Gasteiger charge is 2.42. The number of carbonyl (C=O) groups is 2. The topological polar surface area (TPSA) is 71.3 Å². The molecular formula is C18H23N2O4+. The highest BCUT2D eigenvalue weighted by Crippen LogP contribution is 2.37. The summed E-state index contributed by atoms with van der Waals surface area (Å²) < 4.78 is 5.35. The van der Waals surface area contributed by atoms with Crippen LogP contribution in [0.5, 0.6) is 0 Å². The molecule has 0 radical (unpaired) electrons. The molecule has 0 spiro atoms. The van der Waals surface area contributed by atoms with Gasteiger partial charge in [-0.15, -0.1) is 0 Å². The summed E-state index contributed by atoms with van der Waals surface area (Å²) >= 11 is 0. The van der Waals surface area contributed by atoms with E-state index < -0.39 is 17.7 Å². The number of morpholine rings is 1. The maximum absolute atomic E-state index is 12.5. The average molecular weight is 331 g/mol. The summed E-state index contributed by atoms with van der Waals surface area (Å²) in [5.41, 5.74) is 1.04. The van der Waals surface area contributed by atoms with Crippen LogP contribution in [0.4, 0.5) is 0 Å². The first-order chi connectivity index (χ1) is 11.6. The van der Waals surface area contributed by atoms with E-state index in [1.807, 2.05) is 30.3 Å². The van der Waals surface area contributed by atoms with Gasteiger partial charge in [0.25, 0.3) is 5.91 Å². The Balaban J connectivity index is 1.83. The van der Waals surface area contributed by atoms with Gasteiger partial charge in [-0.05, 0) is 12.5 Å². The van der Waals surface area contributed by atoms with Crippen molar-refractivity contribution < 1.29 is 24.3 Å². The minimum atomic E-state index is -0.503. The maximum atomic E-state index is 12.5. The van der Waals surface area contributed by atoms with E-state index in [2.05, 4.69) is 0 Å². The number of nitrogens with one attached hydrogen (secondary N) is 1. The average Bonchev–Trinajstić information content (AvgIpc) is 2.86. The Morgan fingerprint density at radius 1 is 1.29 bits per heavy atom. The molecule has 0 saturated carbocycles. The Hall–Kier alpha value is -2.18. The molecule has 1 aromatic rings. The van der Waals surface area contributed by atoms with Gasteiger partial charge in [0.05, 0.1) is 37.9 Å². The number of ketones is 1. The van der Waals surface area contributed by atoms with E-state index in [1.54, 1.807) is 4.90 Å². The molecule has 1 saturated heterocycles. The first-order valence-electron chi connectivity index (χ1n) is 8.31. The number of nitrogens with zero attached hydrogens (tertiary/aromatic N) is 1. The van der Waals surface area contributed by atoms with Crippen molar-refractivity contribution in [1.29, 1.82) is 0 Å². The number of carbonyl (C=O) groups excluding carboxylic acids is 2. The molecule has 1 amide bonds. The second kappa shape index (κ2) is 7.15. The van der Waals surface area contributed by atoms with Crippen LogP contribution in [0.15, 0.2) is 41.7 Å². The summed E-state index contributed by atoms with van der Waals surface area (Å²) in [7, 11) is 0. The molecule has 2 N–H and O–H groups in total. The standard InChI is InChI=1S/C18H22N2O4/c1-13(21)15-16(14-5-3-2-4-6-14)20(18(23)17(15)22)8-7-19-9-11-24-12-10-19/h2-6,16,22H,7-12H2,1H3/p+1/t16-/m1/s1. The lowest BCUT2D eigenvalue weighted by Crippen LogP contribution is -3.14. The molecule has 1 atom stereocenters. The van der Waals surface area contributed by atoms with Crippen molar-refractivity contribution in [2.45, 2.75) is 13.0 Å². The Bertz CT molecular complexity index is 650. The van der Waals surface area contributed by atoms with Crippen molar-refractivity contribution >= 4 is 11.7 Å². The van der Waals surface area contributed by atoms with Crippen LogP contribution in [-0.4, -0.2) is 61.1 Å². The maximum Gasteiger partial charge on any atom is 0.290 e. The number of hydrogen-bond acceptors (Lipinski definition) is 4. The lowest BCUT2D eigenvalue weighted by atomic mass is 9.97. The first kappa shape index (κ1) is 16.7. The van der Waals surface area contributed by atoms with Crippen LogP contribution < -0.4 is 4.90 Å². The number of aliphatic hydroxyl groups excluding tert-OH is 1. The zero-order valence-corrected chi connectivity index (χ0v) is 13.8. The van der Waals surface area contributed by atoms with Crippen molar-refractivity contribution in [3.63, 3.8) is 0 Å².